The molecule has 3 aliphatic rings. The van der Waals surface area contributed by atoms with Gasteiger partial charge in [-0.25, -0.2) is 0 Å². The molecule has 0 bridgehead atoms. The first-order valence-corrected chi connectivity index (χ1v) is 11.2. The second-order valence-electron chi connectivity index (χ2n) is 8.67. The van der Waals surface area contributed by atoms with E-state index in [0.717, 1.165) is 69.2 Å². The van der Waals surface area contributed by atoms with Crippen LogP contribution in [0.2, 0.25) is 0 Å². The first-order chi connectivity index (χ1) is 15.6. The van der Waals surface area contributed by atoms with Crippen LogP contribution in [0.5, 0.6) is 11.5 Å². The quantitative estimate of drug-likeness (QED) is 0.788. The number of allylic oxidation sites excluding steroid dienone is 1. The molecule has 2 aromatic carbocycles. The minimum absolute atomic E-state index is 0.260. The van der Waals surface area contributed by atoms with Gasteiger partial charge in [0.1, 0.15) is 23.9 Å². The molecule has 1 saturated heterocycles. The highest BCUT2D eigenvalue weighted by atomic mass is 16.5. The average Bonchev–Trinajstić information content (AvgIpc) is 2.95. The van der Waals surface area contributed by atoms with Gasteiger partial charge in [-0.15, -0.1) is 0 Å². The number of likely N-dealkylation sites (N-methyl/N-ethyl adjacent to an activating group) is 1. The Kier molecular flexibility index (Phi) is 5.77. The van der Waals surface area contributed by atoms with E-state index in [-0.39, 0.29) is 5.76 Å². The van der Waals surface area contributed by atoms with Crippen molar-refractivity contribution in [1.82, 2.24) is 4.90 Å². The number of nitrogens with zero attached hydrogens (tertiary/aromatic N) is 1. The van der Waals surface area contributed by atoms with E-state index in [9.17, 15) is 5.11 Å². The lowest BCUT2D eigenvalue weighted by Gasteiger charge is -2.22. The van der Waals surface area contributed by atoms with Crippen LogP contribution in [0.25, 0.3) is 28.9 Å². The summed E-state index contributed by atoms with van der Waals surface area (Å²) in [7, 11) is 4.08. The topological polar surface area (TPSA) is 51.2 Å². The maximum atomic E-state index is 10.6. The first-order valence-electron chi connectivity index (χ1n) is 11.2. The second kappa shape index (κ2) is 8.85. The number of benzene rings is 2. The maximum Gasteiger partial charge on any atom is 0.134 e. The fourth-order valence-electron chi connectivity index (χ4n) is 4.52. The van der Waals surface area contributed by atoms with Crippen molar-refractivity contribution in [3.63, 3.8) is 0 Å². The molecule has 2 heterocycles. The van der Waals surface area contributed by atoms with Gasteiger partial charge in [0.15, 0.2) is 0 Å². The molecule has 5 heteroatoms. The molecule has 0 atom stereocenters. The van der Waals surface area contributed by atoms with Crippen molar-refractivity contribution in [2.45, 2.75) is 12.8 Å². The molecule has 0 unspecified atom stereocenters. The molecule has 0 spiro atoms. The summed E-state index contributed by atoms with van der Waals surface area (Å²) in [6.45, 7) is 3.38. The highest BCUT2D eigenvalue weighted by Crippen LogP contribution is 2.31. The van der Waals surface area contributed by atoms with Gasteiger partial charge in [-0.05, 0) is 78.4 Å². The summed E-state index contributed by atoms with van der Waals surface area (Å²) in [5, 5.41) is 12.8. The van der Waals surface area contributed by atoms with Crippen LogP contribution < -0.4 is 19.9 Å². The van der Waals surface area contributed by atoms with E-state index in [1.807, 2.05) is 38.4 Å². The molecule has 32 heavy (non-hydrogen) atoms. The second-order valence-corrected chi connectivity index (χ2v) is 8.67. The summed E-state index contributed by atoms with van der Waals surface area (Å²) >= 11 is 0. The van der Waals surface area contributed by atoms with E-state index >= 15 is 0 Å². The fraction of sp³-hybridized carbons (Fsp3) is 0.333. The van der Waals surface area contributed by atoms with Crippen molar-refractivity contribution in [2.75, 3.05) is 47.1 Å². The fourth-order valence-corrected chi connectivity index (χ4v) is 4.52. The van der Waals surface area contributed by atoms with Gasteiger partial charge in [0.25, 0.3) is 0 Å². The molecule has 0 radical (unpaired) electrons. The largest absolute Gasteiger partial charge is 0.508 e. The average molecular weight is 432 g/mol. The number of rotatable bonds is 5. The number of fused-ring (bicyclic) bond motifs is 4. The third-order valence-corrected chi connectivity index (χ3v) is 6.11. The molecular weight excluding hydrogens is 402 g/mol. The Balaban J connectivity index is 1.67. The van der Waals surface area contributed by atoms with Gasteiger partial charge >= 0.3 is 0 Å². The molecule has 1 aliphatic carbocycles. The van der Waals surface area contributed by atoms with Crippen molar-refractivity contribution >= 4 is 17.7 Å². The van der Waals surface area contributed by atoms with Crippen LogP contribution in [0, 0.1) is 0 Å². The van der Waals surface area contributed by atoms with Crippen LogP contribution in [0.15, 0.2) is 47.7 Å². The number of hydrogen-bond donors (Lipinski definition) is 1. The van der Waals surface area contributed by atoms with E-state index in [2.05, 4.69) is 29.2 Å². The summed E-state index contributed by atoms with van der Waals surface area (Å²) in [5.74, 6) is 1.97. The van der Waals surface area contributed by atoms with Crippen LogP contribution in [0.3, 0.4) is 0 Å². The van der Waals surface area contributed by atoms with E-state index < -0.39 is 0 Å². The number of ether oxygens (including phenoxy) is 3. The van der Waals surface area contributed by atoms with Gasteiger partial charge in [-0.3, -0.25) is 0 Å². The maximum absolute atomic E-state index is 10.6. The Morgan fingerprint density at radius 1 is 1.09 bits per heavy atom. The van der Waals surface area contributed by atoms with Crippen molar-refractivity contribution in [1.29, 1.82) is 0 Å². The summed E-state index contributed by atoms with van der Waals surface area (Å²) in [6.07, 6.45) is 7.60. The molecule has 166 valence electrons. The zero-order chi connectivity index (χ0) is 22.1. The summed E-state index contributed by atoms with van der Waals surface area (Å²) in [5.41, 5.74) is 5.43. The number of hydrogen-bond acceptors (Lipinski definition) is 5. The predicted octanol–water partition coefficient (Wildman–Crippen LogP) is 3.27. The Labute approximate surface area is 188 Å². The lowest BCUT2D eigenvalue weighted by atomic mass is 9.90. The lowest BCUT2D eigenvalue weighted by molar-refractivity contribution is 0.159. The van der Waals surface area contributed by atoms with Gasteiger partial charge < -0.3 is 24.2 Å². The summed E-state index contributed by atoms with van der Waals surface area (Å²) in [4.78, 5) is 2.10. The predicted molar refractivity (Wildman–Crippen MR) is 127 cm³/mol. The Bertz CT molecular complexity index is 1210. The molecule has 1 fully saturated rings. The van der Waals surface area contributed by atoms with E-state index in [1.54, 1.807) is 0 Å². The zero-order valence-electron chi connectivity index (χ0n) is 18.7. The summed E-state index contributed by atoms with van der Waals surface area (Å²) < 4.78 is 17.8. The van der Waals surface area contributed by atoms with E-state index in [4.69, 9.17) is 14.2 Å². The normalized spacial score (nSPS) is 17.2. The van der Waals surface area contributed by atoms with Gasteiger partial charge in [-0.2, -0.15) is 0 Å². The third kappa shape index (κ3) is 4.06. The van der Waals surface area contributed by atoms with Crippen molar-refractivity contribution in [3.05, 3.63) is 63.7 Å². The minimum Gasteiger partial charge on any atom is -0.508 e. The molecular formula is C27H29NO4. The monoisotopic (exact) mass is 431 g/mol. The van der Waals surface area contributed by atoms with E-state index in [0.29, 0.717) is 26.4 Å². The third-order valence-electron chi connectivity index (χ3n) is 6.11. The summed E-state index contributed by atoms with van der Waals surface area (Å²) in [6, 6.07) is 10.5. The van der Waals surface area contributed by atoms with E-state index in [1.165, 1.54) is 0 Å². The Hall–Kier alpha value is -3.02. The Morgan fingerprint density at radius 2 is 1.94 bits per heavy atom. The molecule has 0 aromatic heterocycles. The van der Waals surface area contributed by atoms with Crippen LogP contribution in [0.4, 0.5) is 0 Å². The van der Waals surface area contributed by atoms with Crippen LogP contribution in [0.1, 0.15) is 18.4 Å². The van der Waals surface area contributed by atoms with Crippen molar-refractivity contribution in [2.24, 2.45) is 0 Å². The highest BCUT2D eigenvalue weighted by Gasteiger charge is 2.23. The first kappa shape index (κ1) is 20.9. The number of aliphatic hydroxyl groups excluding tert-OH is 1. The molecule has 5 nitrogen and oxygen atoms in total. The standard InChI is InChI=1S/C27H29NO4/c1-28(2)10-13-31-22-7-5-18(6-8-22)23-15-20-4-3-11-32-27(20)24-16-21(29)14-19-9-12-30-17-25(19)26(23)24/h4-8,14-16,29H,3,9-13,17H2,1-2H3. The van der Waals surface area contributed by atoms with Gasteiger partial charge in [-0.1, -0.05) is 18.2 Å². The SMILES string of the molecule is CN(C)CCOc1ccc(-c2cc3c(c4c2=C2COCCC2=CC(O)=C4)OCCC=3)cc1. The zero-order valence-corrected chi connectivity index (χ0v) is 18.7. The highest BCUT2D eigenvalue weighted by molar-refractivity contribution is 5.83. The Morgan fingerprint density at radius 3 is 2.75 bits per heavy atom. The minimum atomic E-state index is 0.260. The molecule has 5 rings (SSSR count). The van der Waals surface area contributed by atoms with Gasteiger partial charge in [0.2, 0.25) is 0 Å². The molecule has 0 saturated carbocycles. The molecule has 0 amide bonds. The van der Waals surface area contributed by atoms with Gasteiger partial charge in [0.05, 0.1) is 19.8 Å². The van der Waals surface area contributed by atoms with Crippen molar-refractivity contribution in [3.8, 4) is 22.6 Å². The van der Waals surface area contributed by atoms with Crippen LogP contribution in [-0.4, -0.2) is 57.1 Å². The molecule has 2 aliphatic heterocycles. The van der Waals surface area contributed by atoms with Crippen molar-refractivity contribution < 1.29 is 19.3 Å². The molecule has 1 N–H and O–H groups in total. The van der Waals surface area contributed by atoms with Gasteiger partial charge in [0, 0.05) is 23.7 Å². The smallest absolute Gasteiger partial charge is 0.134 e. The van der Waals surface area contributed by atoms with Crippen LogP contribution >= 0.6 is 0 Å². The van der Waals surface area contributed by atoms with Crippen LogP contribution in [-0.2, 0) is 4.74 Å². The number of aliphatic hydroxyl groups is 1. The lowest BCUT2D eigenvalue weighted by Crippen LogP contribution is -2.27. The molecule has 2 aromatic rings.